The molecule has 2 aliphatic carbocycles. The maximum absolute atomic E-state index is 12.6. The summed E-state index contributed by atoms with van der Waals surface area (Å²) < 4.78 is 12.5. The summed E-state index contributed by atoms with van der Waals surface area (Å²) in [6.45, 7) is 5.92. The third-order valence-electron chi connectivity index (χ3n) is 7.52. The Hall–Kier alpha value is -0.910. The van der Waals surface area contributed by atoms with Crippen molar-refractivity contribution in [1.29, 1.82) is 0 Å². The molecule has 1 aliphatic heterocycles. The first kappa shape index (κ1) is 19.4. The van der Waals surface area contributed by atoms with Gasteiger partial charge in [-0.3, -0.25) is 4.79 Å². The minimum absolute atomic E-state index is 0.112. The van der Waals surface area contributed by atoms with Crippen LogP contribution in [0.5, 0.6) is 0 Å². The summed E-state index contributed by atoms with van der Waals surface area (Å²) in [7, 11) is 1.64. The van der Waals surface area contributed by atoms with Gasteiger partial charge in [-0.15, -0.1) is 0 Å². The molecule has 3 fully saturated rings. The number of benzene rings is 1. The smallest absolute Gasteiger partial charge is 0.222 e. The van der Waals surface area contributed by atoms with Crippen molar-refractivity contribution < 1.29 is 14.3 Å². The molecule has 5 heteroatoms. The first-order valence-corrected chi connectivity index (χ1v) is 10.8. The van der Waals surface area contributed by atoms with E-state index in [4.69, 9.17) is 9.47 Å². The summed E-state index contributed by atoms with van der Waals surface area (Å²) in [6, 6.07) is 8.72. The lowest BCUT2D eigenvalue weighted by molar-refractivity contribution is -0.137. The number of carbonyl (C=O) groups excluding carboxylic acids is 1. The van der Waals surface area contributed by atoms with Crippen LogP contribution in [0, 0.1) is 22.7 Å². The maximum Gasteiger partial charge on any atom is 0.222 e. The molecule has 0 aromatic heterocycles. The highest BCUT2D eigenvalue weighted by molar-refractivity contribution is 9.10. The van der Waals surface area contributed by atoms with E-state index in [0.29, 0.717) is 24.9 Å². The van der Waals surface area contributed by atoms with Gasteiger partial charge in [0.15, 0.2) is 0 Å². The summed E-state index contributed by atoms with van der Waals surface area (Å²) in [6.07, 6.45) is 3.98. The van der Waals surface area contributed by atoms with E-state index < -0.39 is 0 Å². The van der Waals surface area contributed by atoms with Gasteiger partial charge in [0.1, 0.15) is 0 Å². The van der Waals surface area contributed by atoms with Gasteiger partial charge in [-0.1, -0.05) is 41.9 Å². The van der Waals surface area contributed by atoms with Crippen molar-refractivity contribution in [3.63, 3.8) is 0 Å². The molecule has 1 unspecified atom stereocenters. The molecule has 5 atom stereocenters. The second-order valence-corrected chi connectivity index (χ2v) is 10.1. The van der Waals surface area contributed by atoms with Gasteiger partial charge in [0.05, 0.1) is 12.7 Å². The lowest BCUT2D eigenvalue weighted by Crippen LogP contribution is -2.59. The second-order valence-electron chi connectivity index (χ2n) is 9.14. The summed E-state index contributed by atoms with van der Waals surface area (Å²) in [5.41, 5.74) is 1.52. The minimum Gasteiger partial charge on any atom is -0.384 e. The van der Waals surface area contributed by atoms with Gasteiger partial charge in [-0.25, -0.2) is 0 Å². The van der Waals surface area contributed by atoms with Crippen LogP contribution in [0.15, 0.2) is 28.7 Å². The Morgan fingerprint density at radius 1 is 1.41 bits per heavy atom. The first-order chi connectivity index (χ1) is 12.9. The quantitative estimate of drug-likeness (QED) is 0.740. The summed E-state index contributed by atoms with van der Waals surface area (Å²) in [4.78, 5) is 12.6. The number of ether oxygens (including phenoxy) is 2. The van der Waals surface area contributed by atoms with Gasteiger partial charge >= 0.3 is 0 Å². The van der Waals surface area contributed by atoms with Crippen LogP contribution in [0.1, 0.15) is 51.2 Å². The van der Waals surface area contributed by atoms with Gasteiger partial charge in [0, 0.05) is 30.7 Å². The van der Waals surface area contributed by atoms with Crippen LogP contribution in [0.4, 0.5) is 0 Å². The van der Waals surface area contributed by atoms with Crippen LogP contribution in [0.25, 0.3) is 0 Å². The highest BCUT2D eigenvalue weighted by Gasteiger charge is 2.68. The molecule has 1 spiro atoms. The van der Waals surface area contributed by atoms with Gasteiger partial charge in [-0.2, -0.15) is 0 Å². The topological polar surface area (TPSA) is 47.6 Å². The Balaban J connectivity index is 1.63. The number of rotatable bonds is 5. The van der Waals surface area contributed by atoms with Gasteiger partial charge in [0.2, 0.25) is 5.91 Å². The summed E-state index contributed by atoms with van der Waals surface area (Å²) >= 11 is 3.60. The number of carbonyl (C=O) groups is 1. The first-order valence-electron chi connectivity index (χ1n) is 10.0. The van der Waals surface area contributed by atoms with Crippen molar-refractivity contribution in [2.75, 3.05) is 20.3 Å². The van der Waals surface area contributed by atoms with Crippen molar-refractivity contribution in [2.24, 2.45) is 22.7 Å². The van der Waals surface area contributed by atoms with Crippen molar-refractivity contribution in [3.8, 4) is 0 Å². The number of nitrogens with one attached hydrogen (secondary N) is 1. The molecule has 3 aliphatic rings. The largest absolute Gasteiger partial charge is 0.384 e. The molecule has 148 valence electrons. The molecular weight excluding hydrogens is 406 g/mol. The van der Waals surface area contributed by atoms with E-state index >= 15 is 0 Å². The normalized spacial score (nSPS) is 36.4. The van der Waals surface area contributed by atoms with Crippen LogP contribution in [0.2, 0.25) is 0 Å². The van der Waals surface area contributed by atoms with Crippen molar-refractivity contribution in [2.45, 2.75) is 51.7 Å². The fourth-order valence-corrected chi connectivity index (χ4v) is 6.65. The second kappa shape index (κ2) is 7.16. The average Bonchev–Trinajstić information content (AvgIpc) is 3.12. The van der Waals surface area contributed by atoms with E-state index in [1.165, 1.54) is 18.4 Å². The maximum atomic E-state index is 12.6. The average molecular weight is 436 g/mol. The third-order valence-corrected chi connectivity index (χ3v) is 8.01. The molecule has 2 saturated carbocycles. The summed E-state index contributed by atoms with van der Waals surface area (Å²) in [5, 5.41) is 3.42. The van der Waals surface area contributed by atoms with Gasteiger partial charge in [-0.05, 0) is 59.6 Å². The van der Waals surface area contributed by atoms with Gasteiger partial charge in [0.25, 0.3) is 0 Å². The SMILES string of the molecule is COCCC(=O)N[C@H]1C(C)(C)[C@@H]2C[C@@H]3[C@@H](c4cccc(Br)c4)OCCC31C2. The molecule has 1 amide bonds. The molecule has 2 bridgehead atoms. The molecule has 1 aromatic rings. The Kier molecular flexibility index (Phi) is 5.15. The zero-order valence-corrected chi connectivity index (χ0v) is 18.1. The number of hydrogen-bond acceptors (Lipinski definition) is 3. The van der Waals surface area contributed by atoms with Crippen LogP contribution >= 0.6 is 15.9 Å². The predicted octanol–water partition coefficient (Wildman–Crippen LogP) is 4.48. The lowest BCUT2D eigenvalue weighted by atomic mass is 9.59. The van der Waals surface area contributed by atoms with Crippen molar-refractivity contribution >= 4 is 21.8 Å². The van der Waals surface area contributed by atoms with E-state index in [9.17, 15) is 4.79 Å². The monoisotopic (exact) mass is 435 g/mol. The van der Waals surface area contributed by atoms with Crippen molar-refractivity contribution in [3.05, 3.63) is 34.3 Å². The Morgan fingerprint density at radius 3 is 2.96 bits per heavy atom. The van der Waals surface area contributed by atoms with E-state index in [2.05, 4.69) is 59.4 Å². The van der Waals surface area contributed by atoms with E-state index in [1.807, 2.05) is 0 Å². The number of methoxy groups -OCH3 is 1. The lowest BCUT2D eigenvalue weighted by Gasteiger charge is -2.53. The Labute approximate surface area is 170 Å². The fraction of sp³-hybridized carbons (Fsp3) is 0.682. The third kappa shape index (κ3) is 3.16. The zero-order chi connectivity index (χ0) is 19.2. The number of fused-ring (bicyclic) bond motifs is 1. The molecule has 27 heavy (non-hydrogen) atoms. The van der Waals surface area contributed by atoms with Crippen LogP contribution < -0.4 is 5.32 Å². The van der Waals surface area contributed by atoms with Crippen molar-refractivity contribution in [1.82, 2.24) is 5.32 Å². The Bertz CT molecular complexity index is 721. The van der Waals surface area contributed by atoms with E-state index in [1.54, 1.807) is 7.11 Å². The molecule has 1 aromatic carbocycles. The standard InChI is InChI=1S/C22H30BrNO3/c1-21(2)15-12-17-19(14-5-4-6-16(23)11-14)27-10-8-22(17,13-15)20(21)24-18(25)7-9-26-3/h4-6,11,15,17,19-20H,7-10,12-13H2,1-3H3,(H,24,25)/t15-,17-,19-,20+,22?/m1/s1. The zero-order valence-electron chi connectivity index (χ0n) is 16.5. The van der Waals surface area contributed by atoms with Gasteiger partial charge < -0.3 is 14.8 Å². The Morgan fingerprint density at radius 2 is 2.22 bits per heavy atom. The molecule has 1 N–H and O–H groups in total. The van der Waals surface area contributed by atoms with E-state index in [-0.39, 0.29) is 28.9 Å². The van der Waals surface area contributed by atoms with Crippen LogP contribution in [0.3, 0.4) is 0 Å². The predicted molar refractivity (Wildman–Crippen MR) is 108 cm³/mol. The number of hydrogen-bond donors (Lipinski definition) is 1. The molecule has 0 radical (unpaired) electrons. The summed E-state index contributed by atoms with van der Waals surface area (Å²) in [5.74, 6) is 1.21. The highest BCUT2D eigenvalue weighted by atomic mass is 79.9. The van der Waals surface area contributed by atoms with E-state index in [0.717, 1.165) is 17.5 Å². The number of amides is 1. The highest BCUT2D eigenvalue weighted by Crippen LogP contribution is 2.70. The molecule has 1 saturated heterocycles. The molecule has 4 nitrogen and oxygen atoms in total. The van der Waals surface area contributed by atoms with Crippen LogP contribution in [-0.2, 0) is 14.3 Å². The molecular formula is C22H30BrNO3. The molecule has 1 heterocycles. The van der Waals surface area contributed by atoms with Crippen LogP contribution in [-0.4, -0.2) is 32.3 Å². The molecule has 4 rings (SSSR count). The number of halogens is 1. The fourth-order valence-electron chi connectivity index (χ4n) is 6.23. The minimum atomic E-state index is 0.112.